The van der Waals surface area contributed by atoms with Crippen LogP contribution in [0, 0.1) is 11.8 Å². The van der Waals surface area contributed by atoms with Gasteiger partial charge >= 0.3 is 0 Å². The molecule has 1 heterocycles. The smallest absolute Gasteiger partial charge is 0.239 e. The number of amides is 1. The predicted molar refractivity (Wildman–Crippen MR) is 75.7 cm³/mol. The number of hydrogen-bond acceptors (Lipinski definition) is 2. The van der Waals surface area contributed by atoms with Gasteiger partial charge < -0.3 is 10.2 Å². The summed E-state index contributed by atoms with van der Waals surface area (Å²) in [5.74, 6) is 1.77. The zero-order valence-electron chi connectivity index (χ0n) is 11.7. The second-order valence-corrected chi connectivity index (χ2v) is 6.10. The van der Waals surface area contributed by atoms with Crippen molar-refractivity contribution >= 4 is 5.91 Å². The number of carbonyl (C=O) groups is 1. The number of likely N-dealkylation sites (N-methyl/N-ethyl adjacent to an activating group) is 1. The fourth-order valence-corrected chi connectivity index (χ4v) is 2.99. The Hall–Kier alpha value is -1.35. The zero-order chi connectivity index (χ0) is 13.4. The minimum atomic E-state index is -0.0473. The SMILES string of the molecule is CC1CC1CN(C)C(=O)[C@@H]1Cc2ccccc2CN1. The lowest BCUT2D eigenvalue weighted by Gasteiger charge is -2.29. The van der Waals surface area contributed by atoms with Crippen LogP contribution >= 0.6 is 0 Å². The molecule has 1 aliphatic carbocycles. The predicted octanol–water partition coefficient (Wildman–Crippen LogP) is 1.82. The molecule has 2 aliphatic rings. The largest absolute Gasteiger partial charge is 0.344 e. The Bertz CT molecular complexity index is 485. The van der Waals surface area contributed by atoms with Crippen LogP contribution in [0.15, 0.2) is 24.3 Å². The van der Waals surface area contributed by atoms with E-state index in [0.29, 0.717) is 0 Å². The Morgan fingerprint density at radius 3 is 2.74 bits per heavy atom. The maximum absolute atomic E-state index is 12.4. The van der Waals surface area contributed by atoms with Gasteiger partial charge in [0.15, 0.2) is 0 Å². The van der Waals surface area contributed by atoms with E-state index in [2.05, 4.69) is 36.5 Å². The summed E-state index contributed by atoms with van der Waals surface area (Å²) in [5, 5.41) is 3.37. The lowest BCUT2D eigenvalue weighted by molar-refractivity contribution is -0.132. The molecule has 1 aliphatic heterocycles. The van der Waals surface area contributed by atoms with Crippen LogP contribution in [0.2, 0.25) is 0 Å². The second-order valence-electron chi connectivity index (χ2n) is 6.10. The van der Waals surface area contributed by atoms with Crippen molar-refractivity contribution in [3.05, 3.63) is 35.4 Å². The number of nitrogens with one attached hydrogen (secondary N) is 1. The minimum Gasteiger partial charge on any atom is -0.344 e. The van der Waals surface area contributed by atoms with E-state index in [1.807, 2.05) is 11.9 Å². The van der Waals surface area contributed by atoms with Crippen LogP contribution in [0.1, 0.15) is 24.5 Å². The van der Waals surface area contributed by atoms with Gasteiger partial charge in [-0.1, -0.05) is 31.2 Å². The van der Waals surface area contributed by atoms with Crippen LogP contribution in [0.25, 0.3) is 0 Å². The summed E-state index contributed by atoms with van der Waals surface area (Å²) in [6.45, 7) is 3.98. The second kappa shape index (κ2) is 4.97. The lowest BCUT2D eigenvalue weighted by Crippen LogP contribution is -2.48. The van der Waals surface area contributed by atoms with E-state index in [4.69, 9.17) is 0 Å². The van der Waals surface area contributed by atoms with E-state index >= 15 is 0 Å². The quantitative estimate of drug-likeness (QED) is 0.897. The van der Waals surface area contributed by atoms with Gasteiger partial charge in [-0.15, -0.1) is 0 Å². The van der Waals surface area contributed by atoms with Crippen molar-refractivity contribution in [1.82, 2.24) is 10.2 Å². The van der Waals surface area contributed by atoms with Gasteiger partial charge in [0.05, 0.1) is 6.04 Å². The maximum Gasteiger partial charge on any atom is 0.239 e. The first kappa shape index (κ1) is 12.7. The minimum absolute atomic E-state index is 0.0473. The van der Waals surface area contributed by atoms with Crippen LogP contribution in [0.5, 0.6) is 0 Å². The van der Waals surface area contributed by atoms with Crippen molar-refractivity contribution in [2.45, 2.75) is 32.4 Å². The molecule has 3 rings (SSSR count). The van der Waals surface area contributed by atoms with Gasteiger partial charge in [-0.05, 0) is 35.8 Å². The van der Waals surface area contributed by atoms with E-state index in [9.17, 15) is 4.79 Å². The molecule has 2 unspecified atom stereocenters. The average Bonchev–Trinajstić information content (AvgIpc) is 3.12. The van der Waals surface area contributed by atoms with Crippen LogP contribution in [0.4, 0.5) is 0 Å². The Morgan fingerprint density at radius 2 is 2.05 bits per heavy atom. The normalized spacial score (nSPS) is 28.6. The molecule has 1 aromatic carbocycles. The van der Waals surface area contributed by atoms with E-state index in [1.165, 1.54) is 17.5 Å². The summed E-state index contributed by atoms with van der Waals surface area (Å²) in [7, 11) is 1.94. The fourth-order valence-electron chi connectivity index (χ4n) is 2.99. The third-order valence-electron chi connectivity index (χ3n) is 4.54. The first-order chi connectivity index (χ1) is 9.15. The fraction of sp³-hybridized carbons (Fsp3) is 0.562. The Kier molecular flexibility index (Phi) is 3.31. The molecule has 1 aromatic rings. The summed E-state index contributed by atoms with van der Waals surface area (Å²) < 4.78 is 0. The lowest BCUT2D eigenvalue weighted by atomic mass is 9.95. The van der Waals surface area contributed by atoms with E-state index in [1.54, 1.807) is 0 Å². The third kappa shape index (κ3) is 2.66. The van der Waals surface area contributed by atoms with Crippen LogP contribution in [0.3, 0.4) is 0 Å². The Morgan fingerprint density at radius 1 is 1.37 bits per heavy atom. The number of fused-ring (bicyclic) bond motifs is 1. The van der Waals surface area contributed by atoms with Crippen LogP contribution < -0.4 is 5.32 Å². The van der Waals surface area contributed by atoms with Gasteiger partial charge in [0.2, 0.25) is 5.91 Å². The molecular weight excluding hydrogens is 236 g/mol. The van der Waals surface area contributed by atoms with Gasteiger partial charge in [0.1, 0.15) is 0 Å². The van der Waals surface area contributed by atoms with E-state index in [-0.39, 0.29) is 11.9 Å². The van der Waals surface area contributed by atoms with Crippen molar-refractivity contribution in [3.8, 4) is 0 Å². The molecule has 0 spiro atoms. The molecule has 0 saturated heterocycles. The highest BCUT2D eigenvalue weighted by Gasteiger charge is 2.35. The number of hydrogen-bond donors (Lipinski definition) is 1. The standard InChI is InChI=1S/C16H22N2O/c1-11-7-14(11)10-18(2)16(19)15-8-12-5-3-4-6-13(12)9-17-15/h3-6,11,14-15,17H,7-10H2,1-2H3/t11?,14?,15-/m0/s1. The topological polar surface area (TPSA) is 32.3 Å². The molecular formula is C16H22N2O. The van der Waals surface area contributed by atoms with Gasteiger partial charge in [-0.2, -0.15) is 0 Å². The summed E-state index contributed by atoms with van der Waals surface area (Å²) in [5.41, 5.74) is 2.64. The monoisotopic (exact) mass is 258 g/mol. The molecule has 3 heteroatoms. The Labute approximate surface area is 115 Å². The van der Waals surface area contributed by atoms with Crippen molar-refractivity contribution in [1.29, 1.82) is 0 Å². The number of carbonyl (C=O) groups excluding carboxylic acids is 1. The first-order valence-electron chi connectivity index (χ1n) is 7.20. The Balaban J connectivity index is 1.62. The van der Waals surface area contributed by atoms with E-state index in [0.717, 1.165) is 31.3 Å². The van der Waals surface area contributed by atoms with Crippen molar-refractivity contribution in [2.75, 3.05) is 13.6 Å². The molecule has 0 aromatic heterocycles. The molecule has 1 N–H and O–H groups in total. The molecule has 102 valence electrons. The van der Waals surface area contributed by atoms with E-state index < -0.39 is 0 Å². The van der Waals surface area contributed by atoms with Crippen LogP contribution in [-0.4, -0.2) is 30.4 Å². The molecule has 1 saturated carbocycles. The zero-order valence-corrected chi connectivity index (χ0v) is 11.7. The van der Waals surface area contributed by atoms with Crippen molar-refractivity contribution < 1.29 is 4.79 Å². The molecule has 1 fully saturated rings. The maximum atomic E-state index is 12.4. The van der Waals surface area contributed by atoms with Crippen molar-refractivity contribution in [2.24, 2.45) is 11.8 Å². The molecule has 0 bridgehead atoms. The van der Waals surface area contributed by atoms with Gasteiger partial charge in [-0.25, -0.2) is 0 Å². The average molecular weight is 258 g/mol. The number of nitrogens with zero attached hydrogens (tertiary/aromatic N) is 1. The summed E-state index contributed by atoms with van der Waals surface area (Å²) in [6, 6.07) is 8.34. The molecule has 3 atom stereocenters. The van der Waals surface area contributed by atoms with Gasteiger partial charge in [-0.3, -0.25) is 4.79 Å². The van der Waals surface area contributed by atoms with Gasteiger partial charge in [0, 0.05) is 20.1 Å². The van der Waals surface area contributed by atoms with Crippen LogP contribution in [-0.2, 0) is 17.8 Å². The summed E-state index contributed by atoms with van der Waals surface area (Å²) >= 11 is 0. The highest BCUT2D eigenvalue weighted by atomic mass is 16.2. The number of benzene rings is 1. The van der Waals surface area contributed by atoms with Crippen molar-refractivity contribution in [3.63, 3.8) is 0 Å². The highest BCUT2D eigenvalue weighted by Crippen LogP contribution is 2.38. The molecule has 1 amide bonds. The summed E-state index contributed by atoms with van der Waals surface area (Å²) in [6.07, 6.45) is 2.10. The first-order valence-corrected chi connectivity index (χ1v) is 7.20. The third-order valence-corrected chi connectivity index (χ3v) is 4.54. The molecule has 19 heavy (non-hydrogen) atoms. The molecule has 3 nitrogen and oxygen atoms in total. The molecule has 0 radical (unpaired) electrons. The van der Waals surface area contributed by atoms with Gasteiger partial charge in [0.25, 0.3) is 0 Å². The highest BCUT2D eigenvalue weighted by molar-refractivity contribution is 5.82. The number of rotatable bonds is 3. The summed E-state index contributed by atoms with van der Waals surface area (Å²) in [4.78, 5) is 14.4.